The molecule has 0 aliphatic rings. The number of nitrogens with two attached hydrogens (primary N) is 1. The highest BCUT2D eigenvalue weighted by molar-refractivity contribution is 7.09. The van der Waals surface area contributed by atoms with E-state index >= 15 is 0 Å². The summed E-state index contributed by atoms with van der Waals surface area (Å²) in [5, 5.41) is 3.22. The standard InChI is InChI=1S/C14H18N4OS.ClH/c1-2-6-11(15)13(19)17-14-16-12(18-20-14)9-10-7-4-3-5-8-10;/h3-5,7-8,11H,2,6,9,15H2,1H3,(H,16,17,18,19);1H. The molecule has 0 spiro atoms. The van der Waals surface area contributed by atoms with Crippen molar-refractivity contribution in [2.24, 2.45) is 5.73 Å². The van der Waals surface area contributed by atoms with Gasteiger partial charge in [-0.3, -0.25) is 10.1 Å². The molecule has 0 saturated heterocycles. The molecular weight excluding hydrogens is 308 g/mol. The number of nitrogens with one attached hydrogen (secondary N) is 1. The van der Waals surface area contributed by atoms with Gasteiger partial charge >= 0.3 is 0 Å². The molecule has 1 aromatic heterocycles. The smallest absolute Gasteiger partial charge is 0.243 e. The van der Waals surface area contributed by atoms with Crippen LogP contribution in [-0.2, 0) is 11.2 Å². The summed E-state index contributed by atoms with van der Waals surface area (Å²) in [6, 6.07) is 9.50. The van der Waals surface area contributed by atoms with Gasteiger partial charge in [-0.2, -0.15) is 4.37 Å². The van der Waals surface area contributed by atoms with Crippen LogP contribution in [0.2, 0.25) is 0 Å². The van der Waals surface area contributed by atoms with E-state index in [9.17, 15) is 4.79 Å². The highest BCUT2D eigenvalue weighted by Gasteiger charge is 2.14. The largest absolute Gasteiger partial charge is 0.320 e. The summed E-state index contributed by atoms with van der Waals surface area (Å²) < 4.78 is 4.24. The van der Waals surface area contributed by atoms with Crippen LogP contribution in [0.4, 0.5) is 5.13 Å². The van der Waals surface area contributed by atoms with Crippen LogP contribution < -0.4 is 11.1 Å². The van der Waals surface area contributed by atoms with Crippen molar-refractivity contribution in [2.75, 3.05) is 5.32 Å². The van der Waals surface area contributed by atoms with Gasteiger partial charge in [0.2, 0.25) is 11.0 Å². The van der Waals surface area contributed by atoms with Crippen molar-refractivity contribution in [1.82, 2.24) is 9.36 Å². The Hall–Kier alpha value is -1.50. The van der Waals surface area contributed by atoms with Gasteiger partial charge in [-0.15, -0.1) is 12.4 Å². The fraction of sp³-hybridized carbons (Fsp3) is 0.357. The van der Waals surface area contributed by atoms with E-state index in [2.05, 4.69) is 14.7 Å². The summed E-state index contributed by atoms with van der Waals surface area (Å²) >= 11 is 1.18. The molecular formula is C14H19ClN4OS. The summed E-state index contributed by atoms with van der Waals surface area (Å²) in [6.07, 6.45) is 2.21. The normalized spacial score (nSPS) is 11.5. The van der Waals surface area contributed by atoms with Gasteiger partial charge in [0.25, 0.3) is 0 Å². The minimum atomic E-state index is -0.485. The van der Waals surface area contributed by atoms with Crippen molar-refractivity contribution >= 4 is 35.0 Å². The molecule has 7 heteroatoms. The molecule has 0 bridgehead atoms. The Balaban J connectivity index is 0.00000220. The van der Waals surface area contributed by atoms with Crippen LogP contribution in [0.3, 0.4) is 0 Å². The Bertz CT molecular complexity index is 561. The molecule has 3 N–H and O–H groups in total. The summed E-state index contributed by atoms with van der Waals surface area (Å²) in [5.41, 5.74) is 6.89. The van der Waals surface area contributed by atoms with Crippen molar-refractivity contribution in [1.29, 1.82) is 0 Å². The van der Waals surface area contributed by atoms with Gasteiger partial charge in [0, 0.05) is 18.0 Å². The monoisotopic (exact) mass is 326 g/mol. The van der Waals surface area contributed by atoms with Crippen molar-refractivity contribution in [3.05, 3.63) is 41.7 Å². The van der Waals surface area contributed by atoms with E-state index in [0.29, 0.717) is 23.8 Å². The molecule has 1 amide bonds. The molecule has 2 aromatic rings. The lowest BCUT2D eigenvalue weighted by molar-refractivity contribution is -0.117. The van der Waals surface area contributed by atoms with Crippen molar-refractivity contribution in [3.8, 4) is 0 Å². The molecule has 21 heavy (non-hydrogen) atoms. The number of amides is 1. The molecule has 0 fully saturated rings. The molecule has 5 nitrogen and oxygen atoms in total. The maximum absolute atomic E-state index is 11.8. The van der Waals surface area contributed by atoms with Crippen LogP contribution in [-0.4, -0.2) is 21.3 Å². The average Bonchev–Trinajstić information content (AvgIpc) is 2.87. The molecule has 1 heterocycles. The first kappa shape index (κ1) is 17.6. The summed E-state index contributed by atoms with van der Waals surface area (Å²) in [4.78, 5) is 16.1. The third kappa shape index (κ3) is 5.41. The average molecular weight is 327 g/mol. The second kappa shape index (κ2) is 8.71. The fourth-order valence-corrected chi connectivity index (χ4v) is 2.38. The van der Waals surface area contributed by atoms with Gasteiger partial charge in [-0.05, 0) is 12.0 Å². The third-order valence-corrected chi connectivity index (χ3v) is 3.51. The number of nitrogens with zero attached hydrogens (tertiary/aromatic N) is 2. The fourth-order valence-electron chi connectivity index (χ4n) is 1.80. The second-order valence-corrected chi connectivity index (χ2v) is 5.31. The van der Waals surface area contributed by atoms with E-state index in [1.54, 1.807) is 0 Å². The summed E-state index contributed by atoms with van der Waals surface area (Å²) in [5.74, 6) is 0.509. The Kier molecular flexibility index (Phi) is 7.28. The first-order valence-corrected chi connectivity index (χ1v) is 7.39. The maximum Gasteiger partial charge on any atom is 0.243 e. The molecule has 0 aliphatic carbocycles. The number of halogens is 1. The molecule has 1 unspecified atom stereocenters. The summed E-state index contributed by atoms with van der Waals surface area (Å²) in [7, 11) is 0. The van der Waals surface area contributed by atoms with Gasteiger partial charge in [-0.25, -0.2) is 4.98 Å². The lowest BCUT2D eigenvalue weighted by atomic mass is 10.1. The van der Waals surface area contributed by atoms with Crippen molar-refractivity contribution in [3.63, 3.8) is 0 Å². The van der Waals surface area contributed by atoms with E-state index in [1.807, 2.05) is 37.3 Å². The van der Waals surface area contributed by atoms with Crippen molar-refractivity contribution < 1.29 is 4.79 Å². The van der Waals surface area contributed by atoms with Gasteiger partial charge in [-0.1, -0.05) is 43.7 Å². The predicted octanol–water partition coefficient (Wildman–Crippen LogP) is 2.62. The number of aromatic nitrogens is 2. The Morgan fingerprint density at radius 2 is 2.10 bits per heavy atom. The molecule has 2 rings (SSSR count). The third-order valence-electron chi connectivity index (χ3n) is 2.84. The lowest BCUT2D eigenvalue weighted by Crippen LogP contribution is -2.35. The van der Waals surface area contributed by atoms with E-state index in [0.717, 1.165) is 12.0 Å². The van der Waals surface area contributed by atoms with Crippen LogP contribution in [0, 0.1) is 0 Å². The highest BCUT2D eigenvalue weighted by Crippen LogP contribution is 2.14. The van der Waals surface area contributed by atoms with E-state index < -0.39 is 6.04 Å². The highest BCUT2D eigenvalue weighted by atomic mass is 35.5. The minimum Gasteiger partial charge on any atom is -0.320 e. The number of carbonyl (C=O) groups is 1. The van der Waals surface area contributed by atoms with Gasteiger partial charge < -0.3 is 5.73 Å². The van der Waals surface area contributed by atoms with Gasteiger partial charge in [0.15, 0.2) is 0 Å². The van der Waals surface area contributed by atoms with E-state index in [1.165, 1.54) is 11.5 Å². The number of hydrogen-bond donors (Lipinski definition) is 2. The Morgan fingerprint density at radius 3 is 2.76 bits per heavy atom. The SMILES string of the molecule is CCCC(N)C(=O)Nc1nc(Cc2ccccc2)ns1.Cl. The molecule has 1 atom stereocenters. The second-order valence-electron chi connectivity index (χ2n) is 4.56. The van der Waals surface area contributed by atoms with Crippen LogP contribution in [0.25, 0.3) is 0 Å². The van der Waals surface area contributed by atoms with Gasteiger partial charge in [0.1, 0.15) is 5.82 Å². The quantitative estimate of drug-likeness (QED) is 0.855. The Labute approximate surface area is 134 Å². The Morgan fingerprint density at radius 1 is 1.38 bits per heavy atom. The minimum absolute atomic E-state index is 0. The molecule has 1 aromatic carbocycles. The first-order valence-electron chi connectivity index (χ1n) is 6.62. The van der Waals surface area contributed by atoms with E-state index in [4.69, 9.17) is 5.73 Å². The number of anilines is 1. The number of hydrogen-bond acceptors (Lipinski definition) is 5. The van der Waals surface area contributed by atoms with Crippen LogP contribution in [0.1, 0.15) is 31.2 Å². The van der Waals surface area contributed by atoms with Crippen LogP contribution in [0.5, 0.6) is 0 Å². The molecule has 0 saturated carbocycles. The lowest BCUT2D eigenvalue weighted by Gasteiger charge is -2.08. The number of carbonyl (C=O) groups excluding carboxylic acids is 1. The van der Waals surface area contributed by atoms with Gasteiger partial charge in [0.05, 0.1) is 6.04 Å². The summed E-state index contributed by atoms with van der Waals surface area (Å²) in [6.45, 7) is 2.00. The van der Waals surface area contributed by atoms with E-state index in [-0.39, 0.29) is 18.3 Å². The molecule has 114 valence electrons. The van der Waals surface area contributed by atoms with Crippen LogP contribution in [0.15, 0.2) is 30.3 Å². The molecule has 0 aliphatic heterocycles. The zero-order valence-electron chi connectivity index (χ0n) is 11.8. The molecule has 0 radical (unpaired) electrons. The zero-order valence-corrected chi connectivity index (χ0v) is 13.4. The number of benzene rings is 1. The van der Waals surface area contributed by atoms with Crippen molar-refractivity contribution in [2.45, 2.75) is 32.2 Å². The topological polar surface area (TPSA) is 80.9 Å². The zero-order chi connectivity index (χ0) is 14.4. The number of rotatable bonds is 6. The van der Waals surface area contributed by atoms with Crippen LogP contribution >= 0.6 is 23.9 Å². The first-order chi connectivity index (χ1) is 9.69. The maximum atomic E-state index is 11.8. The predicted molar refractivity (Wildman–Crippen MR) is 87.9 cm³/mol.